The summed E-state index contributed by atoms with van der Waals surface area (Å²) >= 11 is 0. The third-order valence-corrected chi connectivity index (χ3v) is 3.51. The van der Waals surface area contributed by atoms with Gasteiger partial charge in [0.2, 0.25) is 5.91 Å². The lowest BCUT2D eigenvalue weighted by molar-refractivity contribution is -0.158. The molecule has 23 heavy (non-hydrogen) atoms. The Morgan fingerprint density at radius 1 is 1.35 bits per heavy atom. The smallest absolute Gasteiger partial charge is 0.332 e. The Kier molecular flexibility index (Phi) is 3.66. The molecule has 0 saturated carbocycles. The van der Waals surface area contributed by atoms with Gasteiger partial charge in [-0.2, -0.15) is 13.2 Å². The van der Waals surface area contributed by atoms with E-state index in [2.05, 4.69) is 14.7 Å². The maximum atomic E-state index is 12.5. The Hall–Kier alpha value is -2.65. The first-order valence-electron chi connectivity index (χ1n) is 6.71. The summed E-state index contributed by atoms with van der Waals surface area (Å²) in [6.07, 6.45) is -1.49. The summed E-state index contributed by atoms with van der Waals surface area (Å²) in [7, 11) is 0. The third kappa shape index (κ3) is 2.96. The Balaban J connectivity index is 1.93. The fourth-order valence-corrected chi connectivity index (χ4v) is 2.55. The van der Waals surface area contributed by atoms with Crippen LogP contribution >= 0.6 is 0 Å². The zero-order valence-electron chi connectivity index (χ0n) is 11.7. The Labute approximate surface area is 127 Å². The molecule has 3 heterocycles. The number of alkyl halides is 3. The van der Waals surface area contributed by atoms with Gasteiger partial charge >= 0.3 is 11.9 Å². The number of hydrogen-bond acceptors (Lipinski definition) is 5. The zero-order chi connectivity index (χ0) is 16.6. The van der Waals surface area contributed by atoms with Crippen molar-refractivity contribution >= 4 is 5.91 Å². The second kappa shape index (κ2) is 5.52. The molecule has 1 atom stereocenters. The molecule has 0 aliphatic carbocycles. The number of halogens is 3. The van der Waals surface area contributed by atoms with E-state index in [0.29, 0.717) is 10.5 Å². The van der Waals surface area contributed by atoms with Gasteiger partial charge in [-0.3, -0.25) is 14.3 Å². The third-order valence-electron chi connectivity index (χ3n) is 3.51. The van der Waals surface area contributed by atoms with Gasteiger partial charge in [0.25, 0.3) is 0 Å². The summed E-state index contributed by atoms with van der Waals surface area (Å²) in [4.78, 5) is 28.6. The Morgan fingerprint density at radius 2 is 2.13 bits per heavy atom. The molecule has 122 valence electrons. The first kappa shape index (κ1) is 15.3. The SMILES string of the molecule is O=C1C(n2c(-c3cccnc3)noc2=O)CCN1CC(F)(F)F. The number of carbonyl (C=O) groups excluding carboxylic acids is 1. The first-order valence-corrected chi connectivity index (χ1v) is 6.71. The molecule has 1 aliphatic heterocycles. The molecule has 0 spiro atoms. The van der Waals surface area contributed by atoms with Gasteiger partial charge < -0.3 is 4.90 Å². The number of pyridine rings is 1. The second-order valence-corrected chi connectivity index (χ2v) is 5.06. The Bertz CT molecular complexity index is 769. The monoisotopic (exact) mass is 328 g/mol. The zero-order valence-corrected chi connectivity index (χ0v) is 11.7. The lowest BCUT2D eigenvalue weighted by Crippen LogP contribution is -2.37. The molecule has 1 saturated heterocycles. The van der Waals surface area contributed by atoms with Gasteiger partial charge in [-0.1, -0.05) is 5.16 Å². The maximum absolute atomic E-state index is 12.5. The van der Waals surface area contributed by atoms with Crippen LogP contribution < -0.4 is 5.76 Å². The number of aromatic nitrogens is 3. The van der Waals surface area contributed by atoms with Crippen LogP contribution in [0.15, 0.2) is 33.8 Å². The molecular weight excluding hydrogens is 317 g/mol. The molecule has 2 aromatic rings. The van der Waals surface area contributed by atoms with Gasteiger partial charge in [0.05, 0.1) is 0 Å². The van der Waals surface area contributed by atoms with Crippen LogP contribution in [0.3, 0.4) is 0 Å². The molecule has 1 aliphatic rings. The van der Waals surface area contributed by atoms with Gasteiger partial charge in [-0.05, 0) is 18.6 Å². The largest absolute Gasteiger partial charge is 0.442 e. The van der Waals surface area contributed by atoms with E-state index >= 15 is 0 Å². The van der Waals surface area contributed by atoms with E-state index in [1.807, 2.05) is 0 Å². The Morgan fingerprint density at radius 3 is 2.78 bits per heavy atom. The van der Waals surface area contributed by atoms with Crippen molar-refractivity contribution in [3.8, 4) is 11.4 Å². The van der Waals surface area contributed by atoms with Gasteiger partial charge in [0, 0.05) is 24.5 Å². The van der Waals surface area contributed by atoms with Crippen LogP contribution in [-0.2, 0) is 4.79 Å². The van der Waals surface area contributed by atoms with Crippen molar-refractivity contribution in [2.24, 2.45) is 0 Å². The normalized spacial score (nSPS) is 18.7. The van der Waals surface area contributed by atoms with E-state index in [9.17, 15) is 22.8 Å². The molecule has 3 rings (SSSR count). The maximum Gasteiger partial charge on any atom is 0.442 e. The number of hydrogen-bond donors (Lipinski definition) is 0. The van der Waals surface area contributed by atoms with E-state index in [1.165, 1.54) is 12.4 Å². The topological polar surface area (TPSA) is 81.2 Å². The highest BCUT2D eigenvalue weighted by Crippen LogP contribution is 2.29. The van der Waals surface area contributed by atoms with Crippen LogP contribution in [0, 0.1) is 0 Å². The lowest BCUT2D eigenvalue weighted by Gasteiger charge is -2.18. The predicted molar refractivity (Wildman–Crippen MR) is 70.3 cm³/mol. The highest BCUT2D eigenvalue weighted by atomic mass is 19.4. The van der Waals surface area contributed by atoms with Crippen LogP contribution in [0.4, 0.5) is 13.2 Å². The summed E-state index contributed by atoms with van der Waals surface area (Å²) in [6, 6.07) is 2.14. The molecule has 10 heteroatoms. The van der Waals surface area contributed by atoms with Crippen molar-refractivity contribution in [1.82, 2.24) is 19.6 Å². The summed E-state index contributed by atoms with van der Waals surface area (Å²) in [5.41, 5.74) is 0.431. The van der Waals surface area contributed by atoms with Crippen LogP contribution in [0.1, 0.15) is 12.5 Å². The van der Waals surface area contributed by atoms with Gasteiger partial charge in [0.1, 0.15) is 12.6 Å². The van der Waals surface area contributed by atoms with Crippen molar-refractivity contribution in [3.05, 3.63) is 35.1 Å². The standard InChI is InChI=1S/C13H11F3N4O3/c14-13(15,16)7-19-5-3-9(11(19)21)20-10(18-23-12(20)22)8-2-1-4-17-6-8/h1-2,4,6,9H,3,5,7H2. The van der Waals surface area contributed by atoms with Gasteiger partial charge in [-0.15, -0.1) is 0 Å². The number of amides is 1. The number of likely N-dealkylation sites (tertiary alicyclic amines) is 1. The van der Waals surface area contributed by atoms with Crippen molar-refractivity contribution < 1.29 is 22.5 Å². The van der Waals surface area contributed by atoms with E-state index in [4.69, 9.17) is 0 Å². The number of carbonyl (C=O) groups is 1. The number of nitrogens with zero attached hydrogens (tertiary/aromatic N) is 4. The summed E-state index contributed by atoms with van der Waals surface area (Å²) in [6.45, 7) is -1.43. The minimum absolute atomic E-state index is 0.0651. The molecule has 2 aromatic heterocycles. The first-order chi connectivity index (χ1) is 10.9. The lowest BCUT2D eigenvalue weighted by atomic mass is 10.2. The number of rotatable bonds is 3. The van der Waals surface area contributed by atoms with Crippen LogP contribution in [0.2, 0.25) is 0 Å². The molecule has 7 nitrogen and oxygen atoms in total. The summed E-state index contributed by atoms with van der Waals surface area (Å²) < 4.78 is 43.0. The fraction of sp³-hybridized carbons (Fsp3) is 0.385. The van der Waals surface area contributed by atoms with Crippen molar-refractivity contribution in [3.63, 3.8) is 0 Å². The predicted octanol–water partition coefficient (Wildman–Crippen LogP) is 1.23. The average Bonchev–Trinajstić information content (AvgIpc) is 3.03. The van der Waals surface area contributed by atoms with Crippen molar-refractivity contribution in [1.29, 1.82) is 0 Å². The van der Waals surface area contributed by atoms with Gasteiger partial charge in [-0.25, -0.2) is 9.36 Å². The van der Waals surface area contributed by atoms with E-state index < -0.39 is 30.4 Å². The summed E-state index contributed by atoms with van der Waals surface area (Å²) in [5.74, 6) is -1.61. The molecule has 0 N–H and O–H groups in total. The molecule has 1 amide bonds. The van der Waals surface area contributed by atoms with E-state index in [0.717, 1.165) is 4.57 Å². The molecule has 0 bridgehead atoms. The highest BCUT2D eigenvalue weighted by molar-refractivity contribution is 5.83. The van der Waals surface area contributed by atoms with Crippen molar-refractivity contribution in [2.45, 2.75) is 18.6 Å². The van der Waals surface area contributed by atoms with Crippen LogP contribution in [0.5, 0.6) is 0 Å². The summed E-state index contributed by atoms with van der Waals surface area (Å²) in [5, 5.41) is 3.61. The molecule has 1 unspecified atom stereocenters. The minimum Gasteiger partial charge on any atom is -0.332 e. The molecule has 1 fully saturated rings. The molecule has 0 aromatic carbocycles. The van der Waals surface area contributed by atoms with Crippen LogP contribution in [-0.4, -0.2) is 44.8 Å². The minimum atomic E-state index is -4.49. The fourth-order valence-electron chi connectivity index (χ4n) is 2.55. The highest BCUT2D eigenvalue weighted by Gasteiger charge is 2.41. The van der Waals surface area contributed by atoms with E-state index in [-0.39, 0.29) is 18.8 Å². The quantitative estimate of drug-likeness (QED) is 0.846. The van der Waals surface area contributed by atoms with Gasteiger partial charge in [0.15, 0.2) is 5.82 Å². The average molecular weight is 328 g/mol. The molecular formula is C13H11F3N4O3. The molecule has 0 radical (unpaired) electrons. The van der Waals surface area contributed by atoms with Crippen molar-refractivity contribution in [2.75, 3.05) is 13.1 Å². The van der Waals surface area contributed by atoms with Crippen LogP contribution in [0.25, 0.3) is 11.4 Å². The second-order valence-electron chi connectivity index (χ2n) is 5.06. The van der Waals surface area contributed by atoms with E-state index in [1.54, 1.807) is 12.1 Å².